The van der Waals surface area contributed by atoms with Crippen molar-refractivity contribution in [1.29, 1.82) is 5.26 Å². The Morgan fingerprint density at radius 1 is 1.25 bits per heavy atom. The van der Waals surface area contributed by atoms with Crippen molar-refractivity contribution in [2.45, 2.75) is 13.0 Å². The molecule has 2 aromatic carbocycles. The molecular formula is C16H13BrN2O. The first-order valence-corrected chi connectivity index (χ1v) is 6.92. The van der Waals surface area contributed by atoms with Crippen LogP contribution in [-0.4, -0.2) is 5.91 Å². The first kappa shape index (κ1) is 14.3. The third-order valence-electron chi connectivity index (χ3n) is 2.91. The first-order chi connectivity index (χ1) is 9.61. The standard InChI is InChI=1S/C16H13BrN2O/c1-11-7-8-13(14(17)9-11)16(20)19-15(10-18)12-5-3-2-4-6-12/h2-9,15H,1H3,(H,19,20). The summed E-state index contributed by atoms with van der Waals surface area (Å²) in [5.74, 6) is -0.271. The second-order valence-electron chi connectivity index (χ2n) is 4.43. The maximum absolute atomic E-state index is 12.2. The third-order valence-corrected chi connectivity index (χ3v) is 3.56. The number of nitriles is 1. The lowest BCUT2D eigenvalue weighted by Crippen LogP contribution is -2.27. The normalized spacial score (nSPS) is 11.4. The molecule has 0 aliphatic rings. The van der Waals surface area contributed by atoms with Gasteiger partial charge >= 0.3 is 0 Å². The summed E-state index contributed by atoms with van der Waals surface area (Å²) in [5.41, 5.74) is 2.35. The van der Waals surface area contributed by atoms with Crippen LogP contribution in [0, 0.1) is 18.3 Å². The lowest BCUT2D eigenvalue weighted by molar-refractivity contribution is 0.0944. The minimum Gasteiger partial charge on any atom is -0.332 e. The van der Waals surface area contributed by atoms with Crippen molar-refractivity contribution < 1.29 is 4.79 Å². The van der Waals surface area contributed by atoms with E-state index in [2.05, 4.69) is 27.3 Å². The van der Waals surface area contributed by atoms with Crippen molar-refractivity contribution in [3.05, 3.63) is 69.7 Å². The van der Waals surface area contributed by atoms with Gasteiger partial charge in [0.05, 0.1) is 11.6 Å². The Kier molecular flexibility index (Phi) is 4.54. The number of halogens is 1. The molecule has 0 aliphatic carbocycles. The SMILES string of the molecule is Cc1ccc(C(=O)NC(C#N)c2ccccc2)c(Br)c1. The lowest BCUT2D eigenvalue weighted by Gasteiger charge is -2.13. The van der Waals surface area contributed by atoms with Gasteiger partial charge in [0.25, 0.3) is 5.91 Å². The summed E-state index contributed by atoms with van der Waals surface area (Å²) in [6.45, 7) is 1.95. The van der Waals surface area contributed by atoms with Crippen LogP contribution in [0.2, 0.25) is 0 Å². The number of amides is 1. The highest BCUT2D eigenvalue weighted by Crippen LogP contribution is 2.20. The molecule has 2 rings (SSSR count). The molecule has 0 aromatic heterocycles. The molecule has 4 heteroatoms. The van der Waals surface area contributed by atoms with Crippen molar-refractivity contribution in [1.82, 2.24) is 5.32 Å². The van der Waals surface area contributed by atoms with E-state index in [1.165, 1.54) is 0 Å². The first-order valence-electron chi connectivity index (χ1n) is 6.13. The molecular weight excluding hydrogens is 316 g/mol. The monoisotopic (exact) mass is 328 g/mol. The molecule has 100 valence electrons. The molecule has 1 amide bonds. The molecule has 0 saturated heterocycles. The minimum absolute atomic E-state index is 0.271. The summed E-state index contributed by atoms with van der Waals surface area (Å²) in [7, 11) is 0. The van der Waals surface area contributed by atoms with Gasteiger partial charge in [-0.15, -0.1) is 0 Å². The summed E-state index contributed by atoms with van der Waals surface area (Å²) in [4.78, 5) is 12.2. The Morgan fingerprint density at radius 3 is 2.55 bits per heavy atom. The fraction of sp³-hybridized carbons (Fsp3) is 0.125. The van der Waals surface area contributed by atoms with E-state index in [0.29, 0.717) is 5.56 Å². The van der Waals surface area contributed by atoms with Gasteiger partial charge in [0.15, 0.2) is 0 Å². The van der Waals surface area contributed by atoms with Crippen molar-refractivity contribution in [3.63, 3.8) is 0 Å². The molecule has 2 aromatic rings. The predicted octanol–water partition coefficient (Wildman–Crippen LogP) is 3.75. The van der Waals surface area contributed by atoms with E-state index >= 15 is 0 Å². The largest absolute Gasteiger partial charge is 0.332 e. The van der Waals surface area contributed by atoms with E-state index in [0.717, 1.165) is 15.6 Å². The lowest BCUT2D eigenvalue weighted by atomic mass is 10.1. The van der Waals surface area contributed by atoms with Gasteiger partial charge in [-0.05, 0) is 46.1 Å². The van der Waals surface area contributed by atoms with E-state index in [-0.39, 0.29) is 5.91 Å². The molecule has 0 heterocycles. The number of hydrogen-bond donors (Lipinski definition) is 1. The van der Waals surface area contributed by atoms with Crippen LogP contribution in [0.3, 0.4) is 0 Å². The van der Waals surface area contributed by atoms with Gasteiger partial charge in [0.2, 0.25) is 0 Å². The van der Waals surface area contributed by atoms with Gasteiger partial charge in [-0.1, -0.05) is 36.4 Å². The van der Waals surface area contributed by atoms with Crippen LogP contribution in [0.15, 0.2) is 53.0 Å². The van der Waals surface area contributed by atoms with Gasteiger partial charge in [-0.3, -0.25) is 4.79 Å². The summed E-state index contributed by atoms with van der Waals surface area (Å²) >= 11 is 3.37. The molecule has 0 saturated carbocycles. The van der Waals surface area contributed by atoms with Crippen LogP contribution >= 0.6 is 15.9 Å². The van der Waals surface area contributed by atoms with Gasteiger partial charge in [-0.25, -0.2) is 0 Å². The zero-order chi connectivity index (χ0) is 14.5. The average molecular weight is 329 g/mol. The fourth-order valence-corrected chi connectivity index (χ4v) is 2.52. The topological polar surface area (TPSA) is 52.9 Å². The molecule has 0 spiro atoms. The van der Waals surface area contributed by atoms with E-state index in [9.17, 15) is 10.1 Å². The van der Waals surface area contributed by atoms with Crippen molar-refractivity contribution in [2.75, 3.05) is 0 Å². The maximum Gasteiger partial charge on any atom is 0.253 e. The van der Waals surface area contributed by atoms with Crippen molar-refractivity contribution in [2.24, 2.45) is 0 Å². The number of nitrogens with one attached hydrogen (secondary N) is 1. The summed E-state index contributed by atoms with van der Waals surface area (Å²) in [6.07, 6.45) is 0. The molecule has 20 heavy (non-hydrogen) atoms. The zero-order valence-electron chi connectivity index (χ0n) is 10.9. The zero-order valence-corrected chi connectivity index (χ0v) is 12.5. The van der Waals surface area contributed by atoms with Crippen LogP contribution in [0.1, 0.15) is 27.5 Å². The third kappa shape index (κ3) is 3.25. The van der Waals surface area contributed by atoms with Crippen molar-refractivity contribution >= 4 is 21.8 Å². The molecule has 1 N–H and O–H groups in total. The van der Waals surface area contributed by atoms with E-state index in [4.69, 9.17) is 0 Å². The number of rotatable bonds is 3. The number of carbonyl (C=O) groups excluding carboxylic acids is 1. The molecule has 1 unspecified atom stereocenters. The summed E-state index contributed by atoms with van der Waals surface area (Å²) < 4.78 is 0.722. The summed E-state index contributed by atoms with van der Waals surface area (Å²) in [6, 6.07) is 16.1. The van der Waals surface area contributed by atoms with Gasteiger partial charge in [0.1, 0.15) is 6.04 Å². The number of hydrogen-bond acceptors (Lipinski definition) is 2. The van der Waals surface area contributed by atoms with E-state index in [1.807, 2.05) is 49.4 Å². The Labute approximate surface area is 126 Å². The van der Waals surface area contributed by atoms with Crippen molar-refractivity contribution in [3.8, 4) is 6.07 Å². The number of carbonyl (C=O) groups is 1. The van der Waals surface area contributed by atoms with E-state index in [1.54, 1.807) is 6.07 Å². The van der Waals surface area contributed by atoms with Gasteiger partial charge in [0, 0.05) is 4.47 Å². The van der Waals surface area contributed by atoms with Gasteiger partial charge in [-0.2, -0.15) is 5.26 Å². The highest BCUT2D eigenvalue weighted by atomic mass is 79.9. The predicted molar refractivity (Wildman–Crippen MR) is 81.1 cm³/mol. The smallest absolute Gasteiger partial charge is 0.253 e. The highest BCUT2D eigenvalue weighted by molar-refractivity contribution is 9.10. The summed E-state index contributed by atoms with van der Waals surface area (Å²) in [5, 5.41) is 11.9. The molecule has 0 aliphatic heterocycles. The van der Waals surface area contributed by atoms with Crippen LogP contribution in [0.5, 0.6) is 0 Å². The fourth-order valence-electron chi connectivity index (χ4n) is 1.85. The highest BCUT2D eigenvalue weighted by Gasteiger charge is 2.16. The van der Waals surface area contributed by atoms with Crippen LogP contribution < -0.4 is 5.32 Å². The minimum atomic E-state index is -0.656. The Morgan fingerprint density at radius 2 is 1.95 bits per heavy atom. The van der Waals surface area contributed by atoms with Crippen LogP contribution in [-0.2, 0) is 0 Å². The van der Waals surface area contributed by atoms with Crippen LogP contribution in [0.4, 0.5) is 0 Å². The molecule has 1 atom stereocenters. The quantitative estimate of drug-likeness (QED) is 0.932. The van der Waals surface area contributed by atoms with Gasteiger partial charge < -0.3 is 5.32 Å². The maximum atomic E-state index is 12.2. The Bertz CT molecular complexity index is 662. The average Bonchev–Trinajstić information content (AvgIpc) is 2.45. The second kappa shape index (κ2) is 6.36. The number of nitrogens with zero attached hydrogens (tertiary/aromatic N) is 1. The molecule has 0 fully saturated rings. The molecule has 0 radical (unpaired) electrons. The molecule has 0 bridgehead atoms. The number of aryl methyl sites for hydroxylation is 1. The Balaban J connectivity index is 2.20. The Hall–Kier alpha value is -2.12. The number of benzene rings is 2. The molecule has 3 nitrogen and oxygen atoms in total. The second-order valence-corrected chi connectivity index (χ2v) is 5.28. The van der Waals surface area contributed by atoms with E-state index < -0.39 is 6.04 Å². The van der Waals surface area contributed by atoms with Crippen LogP contribution in [0.25, 0.3) is 0 Å².